The fraction of sp³-hybridized carbons (Fsp3) is 0. The Kier molecular flexibility index (Phi) is 0.346. The van der Waals surface area contributed by atoms with E-state index in [0.717, 1.165) is 0 Å². The molecule has 5 heteroatoms. The maximum Gasteiger partial charge on any atom is 0.424 e. The number of H-pyrrole nitrogens is 1. The van der Waals surface area contributed by atoms with Gasteiger partial charge < -0.3 is 5.21 Å². The van der Waals surface area contributed by atoms with Gasteiger partial charge in [-0.2, -0.15) is 0 Å². The molecule has 0 radical (unpaired) electrons. The third-order valence-electron chi connectivity index (χ3n) is 0.393. The molecule has 1 aromatic heterocycles. The summed E-state index contributed by atoms with van der Waals surface area (Å²) >= 11 is 0. The summed E-state index contributed by atoms with van der Waals surface area (Å²) in [5.41, 5.74) is -0.644. The van der Waals surface area contributed by atoms with Gasteiger partial charge in [-0.05, 0) is 0 Å². The average molecular weight is 90.0 g/mol. The van der Waals surface area contributed by atoms with Crippen molar-refractivity contribution in [3.63, 3.8) is 0 Å². The number of nitrogens with one attached hydrogen (secondary N) is 1. The summed E-state index contributed by atoms with van der Waals surface area (Å²) in [7, 11) is 0. The van der Waals surface area contributed by atoms with E-state index in [1.165, 1.54) is 0 Å². The molecule has 0 spiro atoms. The molecule has 0 fully saturated rings. The average Bonchev–Trinajstić information content (AvgIpc) is 1.61. The molecule has 0 aliphatic carbocycles. The molecule has 6 heavy (non-hydrogen) atoms. The molecule has 0 unspecified atom stereocenters. The quantitative estimate of drug-likeness (QED) is 0.401. The highest BCUT2D eigenvalue weighted by molar-refractivity contribution is 4.37. The summed E-state index contributed by atoms with van der Waals surface area (Å²) < 4.78 is 3.83. The number of rotatable bonds is 0. The van der Waals surface area contributed by atoms with Gasteiger partial charge in [-0.15, -0.1) is 5.16 Å². The Morgan fingerprint density at radius 2 is 2.50 bits per heavy atom. The van der Waals surface area contributed by atoms with Crippen LogP contribution in [0.15, 0.2) is 9.42 Å². The summed E-state index contributed by atoms with van der Waals surface area (Å²) in [5, 5.41) is 9.71. The molecule has 0 aromatic carbocycles. The van der Waals surface area contributed by atoms with Gasteiger partial charge in [0.15, 0.2) is 0 Å². The van der Waals surface area contributed by atoms with Crippen LogP contribution in [0.4, 0.5) is 0 Å². The van der Waals surface area contributed by atoms with E-state index in [1.807, 2.05) is 0 Å². The predicted molar refractivity (Wildman–Crippen MR) is 14.5 cm³/mol. The molecule has 0 amide bonds. The van der Waals surface area contributed by atoms with Crippen molar-refractivity contribution in [3.05, 3.63) is 10.5 Å². The van der Waals surface area contributed by atoms with E-state index in [-0.39, 0.29) is 4.90 Å². The molecule has 1 heterocycles. The van der Waals surface area contributed by atoms with Gasteiger partial charge in [0, 0.05) is 4.90 Å². The van der Waals surface area contributed by atoms with Gasteiger partial charge in [0.05, 0.1) is 0 Å². The highest BCUT2D eigenvalue weighted by Gasteiger charge is 1.91. The summed E-state index contributed by atoms with van der Waals surface area (Å²) in [6.45, 7) is 0. The van der Waals surface area contributed by atoms with E-state index in [4.69, 9.17) is 5.21 Å². The second-order valence-electron chi connectivity index (χ2n) is 0.771. The number of nitrogens with zero attached hydrogens (tertiary/aromatic N) is 1. The number of aromatic nitrogens is 2. The lowest BCUT2D eigenvalue weighted by atomic mass is 11.3. The highest BCUT2D eigenvalue weighted by atomic mass is 16.8. The van der Waals surface area contributed by atoms with E-state index in [1.54, 1.807) is 5.16 Å². The summed E-state index contributed by atoms with van der Waals surface area (Å²) in [6.07, 6.45) is 0. The van der Waals surface area contributed by atoms with Crippen LogP contribution in [-0.4, -0.2) is 15.3 Å². The summed E-state index contributed by atoms with van der Waals surface area (Å²) in [5.74, 6) is 0. The Bertz CT molecular complexity index is 168. The largest absolute Gasteiger partial charge is 0.424 e. The number of hydrogen-bond donors (Lipinski definition) is 2. The molecule has 34 valence electrons. The van der Waals surface area contributed by atoms with Gasteiger partial charge in [0.2, 0.25) is 0 Å². The van der Waals surface area contributed by atoms with Crippen LogP contribution in [0.3, 0.4) is 0 Å². The van der Waals surface area contributed by atoms with Crippen LogP contribution in [0.2, 0.25) is 0 Å². The first-order valence-corrected chi connectivity index (χ1v) is 1.26. The lowest BCUT2D eigenvalue weighted by Gasteiger charge is -1.89. The van der Waals surface area contributed by atoms with Gasteiger partial charge in [-0.3, -0.25) is 0 Å². The third-order valence-corrected chi connectivity index (χ3v) is 0.393. The Morgan fingerprint density at radius 3 is 2.50 bits per heavy atom. The van der Waals surface area contributed by atoms with Crippen molar-refractivity contribution in [2.75, 3.05) is 0 Å². The molecule has 0 atom stereocenters. The van der Waals surface area contributed by atoms with Crippen molar-refractivity contribution in [1.82, 2.24) is 10.1 Å². The number of hydrogen-bond acceptors (Lipinski definition) is 3. The zero-order valence-corrected chi connectivity index (χ0v) is 2.71. The fourth-order valence-corrected chi connectivity index (χ4v) is 0.124. The maximum atomic E-state index is 9.67. The van der Waals surface area contributed by atoms with Crippen LogP contribution in [0.5, 0.6) is 0 Å². The van der Waals surface area contributed by atoms with E-state index in [9.17, 15) is 4.79 Å². The molecule has 2 N–H and O–H groups in total. The Labute approximate surface area is 31.7 Å². The number of aromatic amines is 1. The topological polar surface area (TPSA) is 71.2 Å². The monoisotopic (exact) mass is 90.0 g/mol. The minimum absolute atomic E-state index is 0.0972. The maximum absolute atomic E-state index is 9.67. The summed E-state index contributed by atoms with van der Waals surface area (Å²) in [4.78, 5) is 9.77. The molecule has 1 aromatic rings. The van der Waals surface area contributed by atoms with Crippen LogP contribution in [0.25, 0.3) is 0 Å². The molecule has 0 bridgehead atoms. The lowest BCUT2D eigenvalue weighted by Crippen LogP contribution is -2.25. The van der Waals surface area contributed by atoms with Gasteiger partial charge in [-0.25, -0.2) is 9.42 Å². The molecule has 0 saturated heterocycles. The van der Waals surface area contributed by atoms with Crippen molar-refractivity contribution >= 4 is 0 Å². The SMILES string of the molecule is O=c1[nH]on1O. The normalized spacial score (nSPS) is 9.33. The molecule has 0 aliphatic heterocycles. The highest BCUT2D eigenvalue weighted by Crippen LogP contribution is 1.58. The van der Waals surface area contributed by atoms with Crippen LogP contribution < -0.4 is 5.69 Å². The van der Waals surface area contributed by atoms with E-state index >= 15 is 0 Å². The van der Waals surface area contributed by atoms with Crippen molar-refractivity contribution in [2.45, 2.75) is 0 Å². The fourth-order valence-electron chi connectivity index (χ4n) is 0.124. The van der Waals surface area contributed by atoms with Gasteiger partial charge in [0.1, 0.15) is 0 Å². The molecular weight excluding hydrogens is 88.0 g/mol. The second-order valence-corrected chi connectivity index (χ2v) is 0.771. The smallest absolute Gasteiger partial charge is 0.395 e. The Balaban J connectivity index is 3.19. The second kappa shape index (κ2) is 0.675. The minimum Gasteiger partial charge on any atom is -0.395 e. The van der Waals surface area contributed by atoms with Crippen molar-refractivity contribution in [1.29, 1.82) is 0 Å². The first-order valence-electron chi connectivity index (χ1n) is 1.26. The van der Waals surface area contributed by atoms with Crippen LogP contribution in [-0.2, 0) is 0 Å². The van der Waals surface area contributed by atoms with E-state index in [0.29, 0.717) is 0 Å². The van der Waals surface area contributed by atoms with Crippen molar-refractivity contribution in [3.8, 4) is 0 Å². The minimum atomic E-state index is -0.644. The summed E-state index contributed by atoms with van der Waals surface area (Å²) in [6, 6.07) is 0. The zero-order valence-electron chi connectivity index (χ0n) is 2.71. The van der Waals surface area contributed by atoms with Gasteiger partial charge in [0.25, 0.3) is 0 Å². The first kappa shape index (κ1) is 3.08. The van der Waals surface area contributed by atoms with Crippen LogP contribution in [0.1, 0.15) is 0 Å². The Morgan fingerprint density at radius 1 is 2.00 bits per heavy atom. The molecule has 5 nitrogen and oxygen atoms in total. The zero-order chi connectivity index (χ0) is 4.57. The van der Waals surface area contributed by atoms with Crippen molar-refractivity contribution in [2.24, 2.45) is 0 Å². The van der Waals surface area contributed by atoms with Gasteiger partial charge in [-0.1, -0.05) is 0 Å². The van der Waals surface area contributed by atoms with Crippen molar-refractivity contribution < 1.29 is 9.84 Å². The standard InChI is InChI=1S/CH2N2O3/c4-1-2-6-3(1)5/h5H,(H,2,4). The van der Waals surface area contributed by atoms with E-state index in [2.05, 4.69) is 4.63 Å². The predicted octanol–water partition coefficient (Wildman–Crippen LogP) is -0.993. The Hall–Kier alpha value is -1.13. The van der Waals surface area contributed by atoms with Gasteiger partial charge >= 0.3 is 5.69 Å². The van der Waals surface area contributed by atoms with Crippen LogP contribution >= 0.6 is 0 Å². The molecule has 0 aliphatic rings. The first-order chi connectivity index (χ1) is 2.80. The molecule has 1 rings (SSSR count). The van der Waals surface area contributed by atoms with E-state index < -0.39 is 5.69 Å². The van der Waals surface area contributed by atoms with Crippen LogP contribution in [0, 0.1) is 0 Å². The lowest BCUT2D eigenvalue weighted by molar-refractivity contribution is -0.0892. The third kappa shape index (κ3) is 0.162. The molecule has 0 saturated carbocycles. The molecular formula is CH2N2O3.